The Labute approximate surface area is 218 Å². The standard InChI is InChI=1S/C31H60O4/c1-3-5-7-9-11-13-17-21-25-29-35-31(33)27-23-19-15-14-18-22-26-30(32)34-28-24-20-16-12-10-8-6-4-2/h3-29H2,1-2H3. The molecule has 0 rings (SSSR count). The minimum absolute atomic E-state index is 0.0381. The monoisotopic (exact) mass is 496 g/mol. The molecule has 0 saturated carbocycles. The first kappa shape index (κ1) is 33.9. The first-order chi connectivity index (χ1) is 17.2. The van der Waals surface area contributed by atoms with Gasteiger partial charge in [0.1, 0.15) is 0 Å². The van der Waals surface area contributed by atoms with E-state index in [0.717, 1.165) is 51.4 Å². The third kappa shape index (κ3) is 29.1. The van der Waals surface area contributed by atoms with Crippen LogP contribution in [0.2, 0.25) is 0 Å². The average Bonchev–Trinajstić information content (AvgIpc) is 2.85. The van der Waals surface area contributed by atoms with Crippen molar-refractivity contribution in [2.75, 3.05) is 13.2 Å². The zero-order valence-electron chi connectivity index (χ0n) is 23.7. The number of hydrogen-bond donors (Lipinski definition) is 0. The summed E-state index contributed by atoms with van der Waals surface area (Å²) in [4.78, 5) is 23.6. The second-order valence-corrected chi connectivity index (χ2v) is 10.4. The second-order valence-electron chi connectivity index (χ2n) is 10.4. The van der Waals surface area contributed by atoms with Gasteiger partial charge in [0.15, 0.2) is 0 Å². The molecule has 0 atom stereocenters. The van der Waals surface area contributed by atoms with E-state index in [1.165, 1.54) is 96.3 Å². The van der Waals surface area contributed by atoms with E-state index in [1.807, 2.05) is 0 Å². The van der Waals surface area contributed by atoms with E-state index < -0.39 is 0 Å². The molecule has 0 fully saturated rings. The lowest BCUT2D eigenvalue weighted by Crippen LogP contribution is -2.06. The van der Waals surface area contributed by atoms with Crippen LogP contribution in [-0.4, -0.2) is 25.2 Å². The van der Waals surface area contributed by atoms with Crippen LogP contribution in [0.25, 0.3) is 0 Å². The molecule has 0 aromatic heterocycles. The van der Waals surface area contributed by atoms with Crippen LogP contribution >= 0.6 is 0 Å². The zero-order chi connectivity index (χ0) is 25.7. The van der Waals surface area contributed by atoms with Crippen molar-refractivity contribution in [3.8, 4) is 0 Å². The molecule has 0 aliphatic carbocycles. The molecule has 4 nitrogen and oxygen atoms in total. The Balaban J connectivity index is 3.25. The van der Waals surface area contributed by atoms with Crippen LogP contribution in [0.15, 0.2) is 0 Å². The molecular formula is C31H60O4. The molecule has 0 unspecified atom stereocenters. The van der Waals surface area contributed by atoms with Gasteiger partial charge in [-0.1, -0.05) is 136 Å². The predicted octanol–water partition coefficient (Wildman–Crippen LogP) is 9.87. The summed E-state index contributed by atoms with van der Waals surface area (Å²) in [5, 5.41) is 0. The third-order valence-electron chi connectivity index (χ3n) is 6.78. The number of carbonyl (C=O) groups is 2. The molecule has 0 heterocycles. The van der Waals surface area contributed by atoms with E-state index in [-0.39, 0.29) is 11.9 Å². The van der Waals surface area contributed by atoms with E-state index in [1.54, 1.807) is 0 Å². The fourth-order valence-corrected chi connectivity index (χ4v) is 4.41. The third-order valence-corrected chi connectivity index (χ3v) is 6.78. The van der Waals surface area contributed by atoms with Crippen molar-refractivity contribution in [2.24, 2.45) is 0 Å². The predicted molar refractivity (Wildman–Crippen MR) is 149 cm³/mol. The van der Waals surface area contributed by atoms with Gasteiger partial charge >= 0.3 is 11.9 Å². The summed E-state index contributed by atoms with van der Waals surface area (Å²) in [7, 11) is 0. The summed E-state index contributed by atoms with van der Waals surface area (Å²) in [5.41, 5.74) is 0. The van der Waals surface area contributed by atoms with Crippen LogP contribution in [0.4, 0.5) is 0 Å². The van der Waals surface area contributed by atoms with Gasteiger partial charge in [0.2, 0.25) is 0 Å². The zero-order valence-corrected chi connectivity index (χ0v) is 23.7. The molecule has 0 bridgehead atoms. The minimum atomic E-state index is -0.0392. The van der Waals surface area contributed by atoms with Crippen LogP contribution in [0.3, 0.4) is 0 Å². The molecular weight excluding hydrogens is 436 g/mol. The molecule has 0 saturated heterocycles. The van der Waals surface area contributed by atoms with Crippen LogP contribution in [0, 0.1) is 0 Å². The van der Waals surface area contributed by atoms with Gasteiger partial charge in [-0.25, -0.2) is 0 Å². The van der Waals surface area contributed by atoms with Gasteiger partial charge in [0.05, 0.1) is 13.2 Å². The molecule has 35 heavy (non-hydrogen) atoms. The van der Waals surface area contributed by atoms with Gasteiger partial charge < -0.3 is 9.47 Å². The number of hydrogen-bond acceptors (Lipinski definition) is 4. The molecule has 208 valence electrons. The molecule has 0 aliphatic rings. The number of ether oxygens (including phenoxy) is 2. The summed E-state index contributed by atoms with van der Waals surface area (Å²) >= 11 is 0. The fourth-order valence-electron chi connectivity index (χ4n) is 4.41. The lowest BCUT2D eigenvalue weighted by atomic mass is 10.1. The largest absolute Gasteiger partial charge is 0.466 e. The summed E-state index contributed by atoms with van der Waals surface area (Å²) in [6, 6.07) is 0. The quantitative estimate of drug-likeness (QED) is 0.0798. The van der Waals surface area contributed by atoms with Crippen molar-refractivity contribution in [3.05, 3.63) is 0 Å². The number of rotatable bonds is 28. The molecule has 0 amide bonds. The first-order valence-electron chi connectivity index (χ1n) is 15.5. The Morgan fingerprint density at radius 2 is 0.629 bits per heavy atom. The van der Waals surface area contributed by atoms with Crippen molar-refractivity contribution in [1.82, 2.24) is 0 Å². The van der Waals surface area contributed by atoms with Crippen molar-refractivity contribution in [1.29, 1.82) is 0 Å². The van der Waals surface area contributed by atoms with E-state index >= 15 is 0 Å². The topological polar surface area (TPSA) is 52.6 Å². The SMILES string of the molecule is CCCCCCCCCCCOC(=O)CCCCCCCCC(=O)OCCCCCCCCCC. The van der Waals surface area contributed by atoms with Gasteiger partial charge in [-0.2, -0.15) is 0 Å². The second kappa shape index (κ2) is 29.2. The highest BCUT2D eigenvalue weighted by molar-refractivity contribution is 5.69. The Kier molecular flexibility index (Phi) is 28.3. The Bertz CT molecular complexity index is 449. The minimum Gasteiger partial charge on any atom is -0.466 e. The number of unbranched alkanes of at least 4 members (excludes halogenated alkanes) is 20. The molecule has 0 aromatic rings. The first-order valence-corrected chi connectivity index (χ1v) is 15.5. The fraction of sp³-hybridized carbons (Fsp3) is 0.935. The maximum atomic E-state index is 11.8. The van der Waals surface area contributed by atoms with Crippen LogP contribution in [0.1, 0.15) is 174 Å². The summed E-state index contributed by atoms with van der Waals surface area (Å²) in [5.74, 6) is -0.0773. The number of carbonyl (C=O) groups excluding carboxylic acids is 2. The maximum absolute atomic E-state index is 11.8. The van der Waals surface area contributed by atoms with E-state index in [9.17, 15) is 9.59 Å². The smallest absolute Gasteiger partial charge is 0.305 e. The van der Waals surface area contributed by atoms with Crippen molar-refractivity contribution in [3.63, 3.8) is 0 Å². The molecule has 0 aromatic carbocycles. The summed E-state index contributed by atoms with van der Waals surface area (Å²) < 4.78 is 10.7. The van der Waals surface area contributed by atoms with E-state index in [4.69, 9.17) is 9.47 Å². The highest BCUT2D eigenvalue weighted by atomic mass is 16.5. The van der Waals surface area contributed by atoms with Crippen LogP contribution in [0.5, 0.6) is 0 Å². The van der Waals surface area contributed by atoms with Crippen molar-refractivity contribution >= 4 is 11.9 Å². The van der Waals surface area contributed by atoms with Gasteiger partial charge in [-0.15, -0.1) is 0 Å². The van der Waals surface area contributed by atoms with E-state index in [2.05, 4.69) is 13.8 Å². The highest BCUT2D eigenvalue weighted by Crippen LogP contribution is 2.12. The van der Waals surface area contributed by atoms with Crippen LogP contribution in [-0.2, 0) is 19.1 Å². The normalized spacial score (nSPS) is 11.0. The molecule has 0 spiro atoms. The molecule has 0 aliphatic heterocycles. The highest BCUT2D eigenvalue weighted by Gasteiger charge is 2.04. The molecule has 4 heteroatoms. The van der Waals surface area contributed by atoms with Crippen LogP contribution < -0.4 is 0 Å². The van der Waals surface area contributed by atoms with E-state index in [0.29, 0.717) is 26.1 Å². The Morgan fingerprint density at radius 1 is 0.371 bits per heavy atom. The molecule has 0 radical (unpaired) electrons. The Hall–Kier alpha value is -1.06. The lowest BCUT2D eigenvalue weighted by Gasteiger charge is -2.06. The summed E-state index contributed by atoms with van der Waals surface area (Å²) in [6.45, 7) is 5.67. The molecule has 0 N–H and O–H groups in total. The van der Waals surface area contributed by atoms with Gasteiger partial charge in [0, 0.05) is 12.8 Å². The van der Waals surface area contributed by atoms with Gasteiger partial charge in [-0.3, -0.25) is 9.59 Å². The number of esters is 2. The Morgan fingerprint density at radius 3 is 0.943 bits per heavy atom. The average molecular weight is 497 g/mol. The maximum Gasteiger partial charge on any atom is 0.305 e. The van der Waals surface area contributed by atoms with Crippen molar-refractivity contribution in [2.45, 2.75) is 174 Å². The van der Waals surface area contributed by atoms with Crippen molar-refractivity contribution < 1.29 is 19.1 Å². The van der Waals surface area contributed by atoms with Gasteiger partial charge in [-0.05, 0) is 25.7 Å². The van der Waals surface area contributed by atoms with Gasteiger partial charge in [0.25, 0.3) is 0 Å². The lowest BCUT2D eigenvalue weighted by molar-refractivity contribution is -0.144. The summed E-state index contributed by atoms with van der Waals surface area (Å²) in [6.07, 6.45) is 28.9.